The molecule has 146 valence electrons. The van der Waals surface area contributed by atoms with E-state index in [1.165, 1.54) is 35.9 Å². The Morgan fingerprint density at radius 3 is 2.82 bits per heavy atom. The van der Waals surface area contributed by atoms with E-state index in [9.17, 15) is 4.79 Å². The molecule has 9 heteroatoms. The Bertz CT molecular complexity index is 953. The minimum Gasteiger partial charge on any atom is -0.459 e. The molecule has 0 saturated heterocycles. The van der Waals surface area contributed by atoms with Crippen LogP contribution < -0.4 is 5.32 Å². The number of anilines is 1. The summed E-state index contributed by atoms with van der Waals surface area (Å²) in [5, 5.41) is 12.4. The smallest absolute Gasteiger partial charge is 0.233 e. The summed E-state index contributed by atoms with van der Waals surface area (Å²) in [7, 11) is 1.78. The maximum Gasteiger partial charge on any atom is 0.233 e. The molecule has 1 aliphatic carbocycles. The van der Waals surface area contributed by atoms with Gasteiger partial charge < -0.3 is 14.6 Å². The fourth-order valence-corrected chi connectivity index (χ4v) is 4.55. The normalized spacial score (nSPS) is 13.5. The van der Waals surface area contributed by atoms with Crippen LogP contribution in [0.3, 0.4) is 0 Å². The molecule has 2 heterocycles. The van der Waals surface area contributed by atoms with E-state index >= 15 is 0 Å². The Kier molecular flexibility index (Phi) is 6.03. The monoisotopic (exact) mass is 478 g/mol. The molecule has 1 N–H and O–H groups in total. The zero-order chi connectivity index (χ0) is 19.5. The molecule has 0 spiro atoms. The molecule has 0 bridgehead atoms. The number of furan rings is 1. The first-order chi connectivity index (χ1) is 13.6. The highest BCUT2D eigenvalue weighted by Crippen LogP contribution is 2.30. The van der Waals surface area contributed by atoms with Gasteiger partial charge in [0, 0.05) is 23.1 Å². The van der Waals surface area contributed by atoms with Crippen molar-refractivity contribution in [2.45, 2.75) is 29.8 Å². The van der Waals surface area contributed by atoms with Crippen molar-refractivity contribution in [1.29, 1.82) is 0 Å². The summed E-state index contributed by atoms with van der Waals surface area (Å²) >= 11 is 6.35. The molecule has 3 aromatic rings. The van der Waals surface area contributed by atoms with Crippen LogP contribution in [0.4, 0.5) is 5.13 Å². The van der Waals surface area contributed by atoms with Crippen LogP contribution in [-0.4, -0.2) is 39.8 Å². The molecule has 1 aromatic carbocycles. The maximum absolute atomic E-state index is 12.4. The molecular formula is C19H19BrN4O2S2. The van der Waals surface area contributed by atoms with Crippen molar-refractivity contribution in [3.8, 4) is 11.3 Å². The zero-order valence-electron chi connectivity index (χ0n) is 15.2. The van der Waals surface area contributed by atoms with E-state index in [0.29, 0.717) is 18.3 Å². The van der Waals surface area contributed by atoms with Gasteiger partial charge in [-0.3, -0.25) is 4.79 Å². The Morgan fingerprint density at radius 2 is 2.07 bits per heavy atom. The van der Waals surface area contributed by atoms with Gasteiger partial charge in [-0.05, 0) is 37.1 Å². The molecular weight excluding hydrogens is 460 g/mol. The number of nitrogens with one attached hydrogen (secondary N) is 1. The molecule has 1 aliphatic rings. The van der Waals surface area contributed by atoms with Gasteiger partial charge in [0.15, 0.2) is 4.34 Å². The Labute approximate surface area is 179 Å². The molecule has 6 nitrogen and oxygen atoms in total. The van der Waals surface area contributed by atoms with Crippen molar-refractivity contribution in [3.63, 3.8) is 0 Å². The number of carbonyl (C=O) groups excluding carboxylic acids is 1. The van der Waals surface area contributed by atoms with Gasteiger partial charge in [-0.25, -0.2) is 0 Å². The van der Waals surface area contributed by atoms with E-state index in [1.807, 2.05) is 36.4 Å². The van der Waals surface area contributed by atoms with Crippen LogP contribution in [0.1, 0.15) is 18.6 Å². The lowest BCUT2D eigenvalue weighted by Crippen LogP contribution is -2.27. The van der Waals surface area contributed by atoms with Crippen LogP contribution in [-0.2, 0) is 11.3 Å². The van der Waals surface area contributed by atoms with Crippen molar-refractivity contribution in [1.82, 2.24) is 15.1 Å². The lowest BCUT2D eigenvalue weighted by atomic mass is 10.2. The average molecular weight is 479 g/mol. The van der Waals surface area contributed by atoms with Crippen LogP contribution in [0, 0.1) is 0 Å². The fraction of sp³-hybridized carbons (Fsp3) is 0.316. The van der Waals surface area contributed by atoms with Crippen LogP contribution >= 0.6 is 39.0 Å². The van der Waals surface area contributed by atoms with Crippen molar-refractivity contribution in [3.05, 3.63) is 46.6 Å². The van der Waals surface area contributed by atoms with E-state index < -0.39 is 0 Å². The summed E-state index contributed by atoms with van der Waals surface area (Å²) in [6, 6.07) is 12.3. The Morgan fingerprint density at radius 1 is 1.29 bits per heavy atom. The fourth-order valence-electron chi connectivity index (χ4n) is 2.52. The number of hydrogen-bond donors (Lipinski definition) is 1. The van der Waals surface area contributed by atoms with Crippen LogP contribution in [0.5, 0.6) is 0 Å². The first-order valence-corrected chi connectivity index (χ1v) is 11.5. The first-order valence-electron chi connectivity index (χ1n) is 8.88. The zero-order valence-corrected chi connectivity index (χ0v) is 18.4. The largest absolute Gasteiger partial charge is 0.459 e. The third kappa shape index (κ3) is 5.15. The standard InChI is InChI=1S/C19H19BrN4O2S2/c1-24(10-15-8-9-16(26-15)12-2-4-13(20)5-3-12)17(25)11-27-19-23-22-18(28-19)21-14-6-7-14/h2-5,8-9,14H,6-7,10-11H2,1H3,(H,21,22). The van der Waals surface area contributed by atoms with Gasteiger partial charge in [-0.2, -0.15) is 0 Å². The highest BCUT2D eigenvalue weighted by Gasteiger charge is 2.22. The lowest BCUT2D eigenvalue weighted by Gasteiger charge is -2.14. The number of nitrogens with zero attached hydrogens (tertiary/aromatic N) is 3. The number of rotatable bonds is 8. The summed E-state index contributed by atoms with van der Waals surface area (Å²) in [6.45, 7) is 0.431. The third-order valence-electron chi connectivity index (χ3n) is 4.24. The van der Waals surface area contributed by atoms with Gasteiger partial charge in [-0.1, -0.05) is 51.2 Å². The van der Waals surface area contributed by atoms with E-state index in [2.05, 4.69) is 31.4 Å². The number of thioether (sulfide) groups is 1. The SMILES string of the molecule is CN(Cc1ccc(-c2ccc(Br)cc2)o1)C(=O)CSc1nnc(NC2CC2)s1. The summed E-state index contributed by atoms with van der Waals surface area (Å²) in [5.74, 6) is 1.90. The molecule has 2 aromatic heterocycles. The second kappa shape index (κ2) is 8.67. The molecule has 1 saturated carbocycles. The first kappa shape index (κ1) is 19.5. The minimum absolute atomic E-state index is 0.0264. The number of amides is 1. The lowest BCUT2D eigenvalue weighted by molar-refractivity contribution is -0.127. The van der Waals surface area contributed by atoms with Crippen LogP contribution in [0.25, 0.3) is 11.3 Å². The highest BCUT2D eigenvalue weighted by molar-refractivity contribution is 9.10. The van der Waals surface area contributed by atoms with E-state index in [4.69, 9.17) is 4.42 Å². The summed E-state index contributed by atoms with van der Waals surface area (Å²) in [6.07, 6.45) is 2.39. The van der Waals surface area contributed by atoms with Gasteiger partial charge in [0.25, 0.3) is 0 Å². The van der Waals surface area contributed by atoms with Crippen molar-refractivity contribution in [2.75, 3.05) is 18.1 Å². The molecule has 0 aliphatic heterocycles. The quantitative estimate of drug-likeness (QED) is 0.464. The van der Waals surface area contributed by atoms with Crippen LogP contribution in [0.2, 0.25) is 0 Å². The predicted molar refractivity (Wildman–Crippen MR) is 116 cm³/mol. The third-order valence-corrected chi connectivity index (χ3v) is 6.74. The number of halogens is 1. The Balaban J connectivity index is 1.28. The van der Waals surface area contributed by atoms with E-state index in [0.717, 1.165) is 31.0 Å². The molecule has 0 unspecified atom stereocenters. The Hall–Kier alpha value is -1.84. The molecule has 0 atom stereocenters. The molecule has 0 radical (unpaired) electrons. The van der Waals surface area contributed by atoms with Gasteiger partial charge in [-0.15, -0.1) is 10.2 Å². The highest BCUT2D eigenvalue weighted by atomic mass is 79.9. The summed E-state index contributed by atoms with van der Waals surface area (Å²) < 4.78 is 7.73. The molecule has 1 fully saturated rings. The number of benzene rings is 1. The van der Waals surface area contributed by atoms with Crippen LogP contribution in [0.15, 0.2) is 49.6 Å². The predicted octanol–water partition coefficient (Wildman–Crippen LogP) is 4.89. The number of aromatic nitrogens is 2. The maximum atomic E-state index is 12.4. The second-order valence-corrected chi connectivity index (χ2v) is 9.72. The average Bonchev–Trinajstić information content (AvgIpc) is 3.19. The van der Waals surface area contributed by atoms with Crippen molar-refractivity contribution < 1.29 is 9.21 Å². The topological polar surface area (TPSA) is 71.3 Å². The van der Waals surface area contributed by atoms with Crippen molar-refractivity contribution in [2.24, 2.45) is 0 Å². The second-order valence-electron chi connectivity index (χ2n) is 6.60. The van der Waals surface area contributed by atoms with E-state index in [-0.39, 0.29) is 5.91 Å². The van der Waals surface area contributed by atoms with Gasteiger partial charge in [0.05, 0.1) is 12.3 Å². The number of carbonyl (C=O) groups is 1. The van der Waals surface area contributed by atoms with Crippen molar-refractivity contribution >= 4 is 50.1 Å². The molecule has 4 rings (SSSR count). The molecule has 1 amide bonds. The summed E-state index contributed by atoms with van der Waals surface area (Å²) in [4.78, 5) is 14.1. The minimum atomic E-state index is 0.0264. The van der Waals surface area contributed by atoms with E-state index in [1.54, 1.807) is 11.9 Å². The van der Waals surface area contributed by atoms with Gasteiger partial charge in [0.2, 0.25) is 11.0 Å². The summed E-state index contributed by atoms with van der Waals surface area (Å²) in [5.41, 5.74) is 1.01. The van der Waals surface area contributed by atoms with Gasteiger partial charge in [0.1, 0.15) is 11.5 Å². The van der Waals surface area contributed by atoms with Gasteiger partial charge >= 0.3 is 0 Å². The number of hydrogen-bond acceptors (Lipinski definition) is 7. The molecule has 28 heavy (non-hydrogen) atoms.